The molecule has 2 heterocycles. The Hall–Kier alpha value is -1.67. The van der Waals surface area contributed by atoms with Gasteiger partial charge in [0, 0.05) is 17.1 Å². The Morgan fingerprint density at radius 2 is 2.42 bits per heavy atom. The van der Waals surface area contributed by atoms with Crippen molar-refractivity contribution in [3.05, 3.63) is 40.2 Å². The van der Waals surface area contributed by atoms with Crippen LogP contribution in [0.5, 0.6) is 0 Å². The minimum absolute atomic E-state index is 0.124. The highest BCUT2D eigenvalue weighted by Crippen LogP contribution is 2.36. The molecule has 1 aromatic carbocycles. The fourth-order valence-corrected chi connectivity index (χ4v) is 4.15. The van der Waals surface area contributed by atoms with Crippen LogP contribution in [-0.4, -0.2) is 26.4 Å². The molecule has 3 rings (SSSR count). The number of nitrogens with zero attached hydrogens (tertiary/aromatic N) is 2. The molecule has 1 aromatic heterocycles. The number of nitrogens with one attached hydrogen (secondary N) is 2. The van der Waals surface area contributed by atoms with Crippen LogP contribution in [0.3, 0.4) is 0 Å². The number of aryl methyl sites for hydroxylation is 1. The third-order valence-corrected chi connectivity index (χ3v) is 5.39. The van der Waals surface area contributed by atoms with Crippen LogP contribution in [-0.2, 0) is 17.8 Å². The normalized spacial score (nSPS) is 16.7. The number of halogens is 1. The molecular formula is C16H19FN4OS2. The van der Waals surface area contributed by atoms with E-state index in [9.17, 15) is 9.18 Å². The molecule has 1 aliphatic rings. The predicted octanol–water partition coefficient (Wildman–Crippen LogP) is 3.39. The van der Waals surface area contributed by atoms with Gasteiger partial charge in [0.15, 0.2) is 4.77 Å². The molecule has 24 heavy (non-hydrogen) atoms. The smallest absolute Gasteiger partial charge is 0.240 e. The van der Waals surface area contributed by atoms with Gasteiger partial charge in [0.1, 0.15) is 18.2 Å². The monoisotopic (exact) mass is 366 g/mol. The Morgan fingerprint density at radius 3 is 3.21 bits per heavy atom. The number of carbonyl (C=O) groups is 1. The summed E-state index contributed by atoms with van der Waals surface area (Å²) in [5.41, 5.74) is 0.851. The lowest BCUT2D eigenvalue weighted by Gasteiger charge is -2.26. The second-order valence-electron chi connectivity index (χ2n) is 5.72. The molecule has 0 bridgehead atoms. The average Bonchev–Trinajstić information content (AvgIpc) is 2.89. The maximum absolute atomic E-state index is 13.5. The first-order chi connectivity index (χ1) is 11.6. The zero-order valence-electron chi connectivity index (χ0n) is 13.3. The molecule has 8 heteroatoms. The van der Waals surface area contributed by atoms with Gasteiger partial charge in [-0.05, 0) is 48.8 Å². The van der Waals surface area contributed by atoms with E-state index in [2.05, 4.69) is 15.5 Å². The van der Waals surface area contributed by atoms with Gasteiger partial charge in [0.25, 0.3) is 0 Å². The molecule has 0 aliphatic carbocycles. The second kappa shape index (κ2) is 7.48. The highest BCUT2D eigenvalue weighted by molar-refractivity contribution is 7.99. The van der Waals surface area contributed by atoms with Crippen molar-refractivity contribution in [2.45, 2.75) is 43.7 Å². The largest absolute Gasteiger partial charge is 0.348 e. The fraction of sp³-hybridized carbons (Fsp3) is 0.438. The third-order valence-electron chi connectivity index (χ3n) is 3.96. The molecule has 0 saturated carbocycles. The average molecular weight is 366 g/mol. The van der Waals surface area contributed by atoms with Gasteiger partial charge in [-0.15, -0.1) is 11.8 Å². The molecule has 1 amide bonds. The molecule has 5 nitrogen and oxygen atoms in total. The van der Waals surface area contributed by atoms with Crippen molar-refractivity contribution in [1.82, 2.24) is 20.1 Å². The zero-order valence-corrected chi connectivity index (χ0v) is 15.0. The van der Waals surface area contributed by atoms with Gasteiger partial charge < -0.3 is 5.32 Å². The van der Waals surface area contributed by atoms with Crippen LogP contribution in [0.15, 0.2) is 23.1 Å². The topological polar surface area (TPSA) is 62.7 Å². The number of hydrogen-bond donors (Lipinski definition) is 2. The lowest BCUT2D eigenvalue weighted by atomic mass is 10.0. The molecular weight excluding hydrogens is 347 g/mol. The van der Waals surface area contributed by atoms with Gasteiger partial charge in [-0.25, -0.2) is 4.39 Å². The number of amides is 1. The summed E-state index contributed by atoms with van der Waals surface area (Å²) >= 11 is 6.89. The SMILES string of the molecule is CCCc1n[nH]c(=S)n1CC(=O)NC1CCSc2ccc(F)cc21. The molecule has 0 radical (unpaired) electrons. The Kier molecular flexibility index (Phi) is 5.35. The van der Waals surface area contributed by atoms with E-state index < -0.39 is 0 Å². The molecule has 1 atom stereocenters. The van der Waals surface area contributed by atoms with Gasteiger partial charge in [-0.2, -0.15) is 5.10 Å². The van der Waals surface area contributed by atoms with Crippen LogP contribution in [0.1, 0.15) is 37.2 Å². The Morgan fingerprint density at radius 1 is 1.58 bits per heavy atom. The second-order valence-corrected chi connectivity index (χ2v) is 7.24. The van der Waals surface area contributed by atoms with Crippen LogP contribution in [0.2, 0.25) is 0 Å². The van der Waals surface area contributed by atoms with Crippen molar-refractivity contribution in [1.29, 1.82) is 0 Å². The first-order valence-electron chi connectivity index (χ1n) is 7.94. The number of carbonyl (C=O) groups excluding carboxylic acids is 1. The van der Waals surface area contributed by atoms with Gasteiger partial charge in [-0.3, -0.25) is 14.5 Å². The minimum Gasteiger partial charge on any atom is -0.348 e. The van der Waals surface area contributed by atoms with E-state index in [0.717, 1.165) is 41.3 Å². The summed E-state index contributed by atoms with van der Waals surface area (Å²) in [4.78, 5) is 13.5. The first kappa shape index (κ1) is 17.2. The van der Waals surface area contributed by atoms with Crippen LogP contribution >= 0.6 is 24.0 Å². The number of fused-ring (bicyclic) bond motifs is 1. The summed E-state index contributed by atoms with van der Waals surface area (Å²) < 4.78 is 15.7. The molecule has 1 aliphatic heterocycles. The van der Waals surface area contributed by atoms with Crippen LogP contribution in [0, 0.1) is 10.6 Å². The number of hydrogen-bond acceptors (Lipinski definition) is 4. The van der Waals surface area contributed by atoms with Crippen LogP contribution in [0.4, 0.5) is 4.39 Å². The number of rotatable bonds is 5. The summed E-state index contributed by atoms with van der Waals surface area (Å²) in [5, 5.41) is 9.91. The van der Waals surface area contributed by atoms with Gasteiger partial charge in [0.2, 0.25) is 5.91 Å². The molecule has 2 N–H and O–H groups in total. The van der Waals surface area contributed by atoms with Crippen molar-refractivity contribution in [3.8, 4) is 0 Å². The Bertz CT molecular complexity index is 802. The van der Waals surface area contributed by atoms with Crippen molar-refractivity contribution in [2.75, 3.05) is 5.75 Å². The maximum Gasteiger partial charge on any atom is 0.240 e. The number of thioether (sulfide) groups is 1. The highest BCUT2D eigenvalue weighted by atomic mass is 32.2. The third kappa shape index (κ3) is 3.70. The molecule has 128 valence electrons. The highest BCUT2D eigenvalue weighted by Gasteiger charge is 2.23. The van der Waals surface area contributed by atoms with Crippen LogP contribution in [0.25, 0.3) is 0 Å². The lowest BCUT2D eigenvalue weighted by molar-refractivity contribution is -0.122. The number of aromatic amines is 1. The predicted molar refractivity (Wildman–Crippen MR) is 94.0 cm³/mol. The quantitative estimate of drug-likeness (QED) is 0.797. The first-order valence-corrected chi connectivity index (χ1v) is 9.33. The summed E-state index contributed by atoms with van der Waals surface area (Å²) in [7, 11) is 0. The zero-order chi connectivity index (χ0) is 17.1. The number of aromatic nitrogens is 3. The standard InChI is InChI=1S/C16H19FN4OS2/c1-2-3-14-19-20-16(23)21(14)9-15(22)18-12-6-7-24-13-5-4-10(17)8-11(12)13/h4-5,8,12H,2-3,6-7,9H2,1H3,(H,18,22)(H,20,23). The fourth-order valence-electron chi connectivity index (χ4n) is 2.83. The summed E-state index contributed by atoms with van der Waals surface area (Å²) in [5.74, 6) is 1.26. The molecule has 0 fully saturated rings. The van der Waals surface area contributed by atoms with Gasteiger partial charge in [-0.1, -0.05) is 6.92 Å². The Balaban J connectivity index is 1.74. The maximum atomic E-state index is 13.5. The number of H-pyrrole nitrogens is 1. The molecule has 2 aromatic rings. The Labute approximate surface area is 149 Å². The lowest BCUT2D eigenvalue weighted by Crippen LogP contribution is -2.33. The van der Waals surface area contributed by atoms with Crippen molar-refractivity contribution < 1.29 is 9.18 Å². The van der Waals surface area contributed by atoms with E-state index in [1.165, 1.54) is 12.1 Å². The van der Waals surface area contributed by atoms with Gasteiger partial charge >= 0.3 is 0 Å². The van der Waals surface area contributed by atoms with E-state index in [0.29, 0.717) is 4.77 Å². The van der Waals surface area contributed by atoms with Crippen LogP contribution < -0.4 is 5.32 Å². The van der Waals surface area contributed by atoms with E-state index in [1.807, 2.05) is 6.92 Å². The van der Waals surface area contributed by atoms with E-state index >= 15 is 0 Å². The molecule has 1 unspecified atom stereocenters. The minimum atomic E-state index is -0.280. The van der Waals surface area contributed by atoms with E-state index in [1.54, 1.807) is 22.4 Å². The van der Waals surface area contributed by atoms with E-state index in [-0.39, 0.29) is 24.3 Å². The van der Waals surface area contributed by atoms with E-state index in [4.69, 9.17) is 12.2 Å². The summed E-state index contributed by atoms with van der Waals surface area (Å²) in [6.07, 6.45) is 2.47. The number of benzene rings is 1. The summed E-state index contributed by atoms with van der Waals surface area (Å²) in [6.45, 7) is 2.17. The molecule has 0 saturated heterocycles. The summed E-state index contributed by atoms with van der Waals surface area (Å²) in [6, 6.07) is 4.58. The van der Waals surface area contributed by atoms with Crippen molar-refractivity contribution in [2.24, 2.45) is 0 Å². The van der Waals surface area contributed by atoms with Crippen molar-refractivity contribution in [3.63, 3.8) is 0 Å². The van der Waals surface area contributed by atoms with Crippen molar-refractivity contribution >= 4 is 29.9 Å². The molecule has 0 spiro atoms. The van der Waals surface area contributed by atoms with Gasteiger partial charge in [0.05, 0.1) is 6.04 Å².